The topological polar surface area (TPSA) is 118 Å². The van der Waals surface area contributed by atoms with Gasteiger partial charge in [-0.05, 0) is 49.1 Å². The molecule has 4 rings (SSSR count). The van der Waals surface area contributed by atoms with Crippen molar-refractivity contribution in [2.45, 2.75) is 70.2 Å². The molecule has 9 nitrogen and oxygen atoms in total. The molecule has 5 atom stereocenters. The summed E-state index contributed by atoms with van der Waals surface area (Å²) in [5.41, 5.74) is 3.38. The van der Waals surface area contributed by atoms with Crippen LogP contribution in [-0.4, -0.2) is 65.9 Å². The zero-order valence-electron chi connectivity index (χ0n) is 22.8. The second kappa shape index (κ2) is 14.0. The average molecular weight is 541 g/mol. The predicted molar refractivity (Wildman–Crippen MR) is 146 cm³/mol. The van der Waals surface area contributed by atoms with Crippen molar-refractivity contribution in [3.05, 3.63) is 65.2 Å². The number of hydrogen-bond donors (Lipinski definition) is 3. The number of carboxylic acids is 1. The van der Waals surface area contributed by atoms with Crippen LogP contribution in [0.15, 0.2) is 48.5 Å². The van der Waals surface area contributed by atoms with Crippen LogP contribution in [0.4, 0.5) is 5.69 Å². The van der Waals surface area contributed by atoms with Gasteiger partial charge in [0.2, 0.25) is 5.91 Å². The molecule has 212 valence electrons. The molecular weight excluding hydrogens is 500 g/mol. The van der Waals surface area contributed by atoms with Crippen LogP contribution in [-0.2, 0) is 30.4 Å². The van der Waals surface area contributed by atoms with Crippen LogP contribution < -0.4 is 5.32 Å². The van der Waals surface area contributed by atoms with Crippen molar-refractivity contribution >= 4 is 17.6 Å². The lowest BCUT2D eigenvalue weighted by Crippen LogP contribution is -2.46. The van der Waals surface area contributed by atoms with Gasteiger partial charge in [0.25, 0.3) is 0 Å². The standard InChI is InChI=1S/C30H40N2O7/c1-20-26(17-32-16-4-5-25(32)19-37-2)38-30(39-29(20)22-10-8-21(18-33)9-11-22)23-12-14-24(15-13-23)31-27(34)6-3-7-28(35)36/h8-15,20,25-26,29-30,33H,3-7,16-19H2,1-2H3,(H,31,34)(H,35,36)/t20-,25+,26+,29+,30+/m1/s1. The van der Waals surface area contributed by atoms with Gasteiger partial charge in [0.1, 0.15) is 0 Å². The third kappa shape index (κ3) is 7.86. The molecule has 2 aromatic carbocycles. The van der Waals surface area contributed by atoms with E-state index in [0.717, 1.165) is 42.6 Å². The van der Waals surface area contributed by atoms with E-state index >= 15 is 0 Å². The van der Waals surface area contributed by atoms with Crippen LogP contribution in [0.25, 0.3) is 0 Å². The summed E-state index contributed by atoms with van der Waals surface area (Å²) in [6, 6.07) is 15.7. The number of aliphatic hydroxyl groups is 1. The number of anilines is 1. The average Bonchev–Trinajstić information content (AvgIpc) is 3.37. The fraction of sp³-hybridized carbons (Fsp3) is 0.533. The van der Waals surface area contributed by atoms with E-state index in [1.165, 1.54) is 0 Å². The minimum absolute atomic E-state index is 0.00594. The second-order valence-corrected chi connectivity index (χ2v) is 10.5. The molecule has 2 heterocycles. The van der Waals surface area contributed by atoms with Crippen molar-refractivity contribution in [1.82, 2.24) is 4.90 Å². The SMILES string of the molecule is COC[C@@H]1CCCN1C[C@@H]1O[C@H](c2ccc(NC(=O)CCCC(=O)O)cc2)O[C@H](c2ccc(CO)cc2)[C@@H]1C. The Hall–Kier alpha value is -2.82. The van der Waals surface area contributed by atoms with Crippen LogP contribution >= 0.6 is 0 Å². The highest BCUT2D eigenvalue weighted by Gasteiger charge is 2.40. The maximum Gasteiger partial charge on any atom is 0.303 e. The molecule has 2 fully saturated rings. The first kappa shape index (κ1) is 29.2. The molecule has 0 saturated carbocycles. The Bertz CT molecular complexity index is 1080. The number of aliphatic hydroxyl groups excluding tert-OH is 1. The van der Waals surface area contributed by atoms with Gasteiger partial charge in [-0.25, -0.2) is 0 Å². The Morgan fingerprint density at radius 2 is 1.77 bits per heavy atom. The van der Waals surface area contributed by atoms with Gasteiger partial charge in [-0.2, -0.15) is 0 Å². The first-order valence-electron chi connectivity index (χ1n) is 13.7. The molecule has 2 saturated heterocycles. The molecule has 0 radical (unpaired) electrons. The number of carbonyl (C=O) groups excluding carboxylic acids is 1. The first-order valence-corrected chi connectivity index (χ1v) is 13.7. The van der Waals surface area contributed by atoms with Crippen molar-refractivity contribution in [3.8, 4) is 0 Å². The van der Waals surface area contributed by atoms with Gasteiger partial charge in [0.15, 0.2) is 6.29 Å². The van der Waals surface area contributed by atoms with E-state index in [2.05, 4.69) is 17.1 Å². The number of likely N-dealkylation sites (tertiary alicyclic amines) is 1. The van der Waals surface area contributed by atoms with Gasteiger partial charge >= 0.3 is 5.97 Å². The van der Waals surface area contributed by atoms with E-state index in [1.807, 2.05) is 48.5 Å². The van der Waals surface area contributed by atoms with Gasteiger partial charge < -0.3 is 29.7 Å². The molecule has 2 aliphatic rings. The molecule has 3 N–H and O–H groups in total. The Morgan fingerprint density at radius 3 is 2.44 bits per heavy atom. The normalized spacial score (nSPS) is 25.5. The van der Waals surface area contributed by atoms with Gasteiger partial charge in [0.05, 0.1) is 25.4 Å². The maximum atomic E-state index is 12.2. The van der Waals surface area contributed by atoms with Gasteiger partial charge in [-0.15, -0.1) is 0 Å². The van der Waals surface area contributed by atoms with Crippen LogP contribution in [0.5, 0.6) is 0 Å². The summed E-state index contributed by atoms with van der Waals surface area (Å²) >= 11 is 0. The molecule has 2 aromatic rings. The molecule has 0 aromatic heterocycles. The monoisotopic (exact) mass is 540 g/mol. The Kier molecular flexibility index (Phi) is 10.5. The number of amides is 1. The predicted octanol–water partition coefficient (Wildman–Crippen LogP) is 4.27. The number of ether oxygens (including phenoxy) is 3. The van der Waals surface area contributed by atoms with Crippen LogP contribution in [0.3, 0.4) is 0 Å². The first-order chi connectivity index (χ1) is 18.9. The number of nitrogens with one attached hydrogen (secondary N) is 1. The summed E-state index contributed by atoms with van der Waals surface area (Å²) in [5, 5.41) is 21.1. The summed E-state index contributed by atoms with van der Waals surface area (Å²) < 4.78 is 18.6. The van der Waals surface area contributed by atoms with Gasteiger partial charge in [-0.3, -0.25) is 14.5 Å². The molecule has 1 amide bonds. The van der Waals surface area contributed by atoms with E-state index in [9.17, 15) is 14.7 Å². The van der Waals surface area contributed by atoms with Crippen LogP contribution in [0.2, 0.25) is 0 Å². The third-order valence-electron chi connectivity index (χ3n) is 7.66. The van der Waals surface area contributed by atoms with E-state index in [1.54, 1.807) is 7.11 Å². The minimum atomic E-state index is -0.908. The van der Waals surface area contributed by atoms with E-state index in [-0.39, 0.29) is 43.5 Å². The largest absolute Gasteiger partial charge is 0.481 e. The fourth-order valence-electron chi connectivity index (χ4n) is 5.42. The molecule has 0 aliphatic carbocycles. The molecule has 2 aliphatic heterocycles. The highest BCUT2D eigenvalue weighted by molar-refractivity contribution is 5.90. The van der Waals surface area contributed by atoms with Crippen molar-refractivity contribution in [3.63, 3.8) is 0 Å². The number of carboxylic acid groups (broad SMARTS) is 1. The number of nitrogens with zero attached hydrogens (tertiary/aromatic N) is 1. The highest BCUT2D eigenvalue weighted by Crippen LogP contribution is 2.42. The fourth-order valence-corrected chi connectivity index (χ4v) is 5.42. The van der Waals surface area contributed by atoms with E-state index < -0.39 is 12.3 Å². The van der Waals surface area contributed by atoms with E-state index in [4.69, 9.17) is 19.3 Å². The van der Waals surface area contributed by atoms with Crippen LogP contribution in [0.1, 0.15) is 68.1 Å². The van der Waals surface area contributed by atoms with Crippen molar-refractivity contribution in [2.24, 2.45) is 5.92 Å². The lowest BCUT2D eigenvalue weighted by molar-refractivity contribution is -0.276. The highest BCUT2D eigenvalue weighted by atomic mass is 16.7. The number of carbonyl (C=O) groups is 2. The molecular formula is C30H40N2O7. The summed E-state index contributed by atoms with van der Waals surface area (Å²) in [6.45, 7) is 4.66. The molecule has 39 heavy (non-hydrogen) atoms. The summed E-state index contributed by atoms with van der Waals surface area (Å²) in [6.07, 6.45) is 1.82. The number of benzene rings is 2. The van der Waals surface area contributed by atoms with Crippen molar-refractivity contribution in [2.75, 3.05) is 32.1 Å². The smallest absolute Gasteiger partial charge is 0.303 e. The Morgan fingerprint density at radius 1 is 1.05 bits per heavy atom. The Labute approximate surface area is 230 Å². The number of hydrogen-bond acceptors (Lipinski definition) is 7. The summed E-state index contributed by atoms with van der Waals surface area (Å²) in [5.74, 6) is -1.03. The molecule has 9 heteroatoms. The summed E-state index contributed by atoms with van der Waals surface area (Å²) in [4.78, 5) is 25.3. The number of aliphatic carboxylic acids is 1. The van der Waals surface area contributed by atoms with Crippen molar-refractivity contribution in [1.29, 1.82) is 0 Å². The van der Waals surface area contributed by atoms with Gasteiger partial charge in [-0.1, -0.05) is 43.3 Å². The van der Waals surface area contributed by atoms with Gasteiger partial charge in [0, 0.05) is 49.7 Å². The molecule has 0 bridgehead atoms. The Balaban J connectivity index is 1.49. The zero-order chi connectivity index (χ0) is 27.8. The number of rotatable bonds is 12. The minimum Gasteiger partial charge on any atom is -0.481 e. The second-order valence-electron chi connectivity index (χ2n) is 10.5. The number of methoxy groups -OCH3 is 1. The van der Waals surface area contributed by atoms with Crippen LogP contribution in [0, 0.1) is 5.92 Å². The third-order valence-corrected chi connectivity index (χ3v) is 7.66. The lowest BCUT2D eigenvalue weighted by atomic mass is 9.90. The van der Waals surface area contributed by atoms with Crippen molar-refractivity contribution < 1.29 is 34.0 Å². The maximum absolute atomic E-state index is 12.2. The lowest BCUT2D eigenvalue weighted by Gasteiger charge is -2.43. The molecule has 0 unspecified atom stereocenters. The molecule has 0 spiro atoms. The summed E-state index contributed by atoms with van der Waals surface area (Å²) in [7, 11) is 1.74. The zero-order valence-corrected chi connectivity index (χ0v) is 22.8. The quantitative estimate of drug-likeness (QED) is 0.365. The van der Waals surface area contributed by atoms with E-state index in [0.29, 0.717) is 24.8 Å².